The second-order valence-electron chi connectivity index (χ2n) is 6.74. The first-order chi connectivity index (χ1) is 11.6. The van der Waals surface area contributed by atoms with Crippen LogP contribution in [0, 0.1) is 6.92 Å². The lowest BCUT2D eigenvalue weighted by Crippen LogP contribution is -2.42. The van der Waals surface area contributed by atoms with Crippen molar-refractivity contribution in [3.63, 3.8) is 0 Å². The van der Waals surface area contributed by atoms with Gasteiger partial charge >= 0.3 is 0 Å². The number of aromatic nitrogens is 1. The lowest BCUT2D eigenvalue weighted by Gasteiger charge is -2.20. The van der Waals surface area contributed by atoms with Gasteiger partial charge < -0.3 is 10.1 Å². The number of ether oxygens (including phenoxy) is 1. The van der Waals surface area contributed by atoms with Crippen molar-refractivity contribution in [1.82, 2.24) is 10.3 Å². The van der Waals surface area contributed by atoms with Gasteiger partial charge in [-0.15, -0.1) is 0 Å². The van der Waals surface area contributed by atoms with Crippen molar-refractivity contribution in [2.24, 2.45) is 0 Å². The Kier molecular flexibility index (Phi) is 5.34. The Bertz CT molecular complexity index is 706. The van der Waals surface area contributed by atoms with E-state index < -0.39 is 6.10 Å². The van der Waals surface area contributed by atoms with Crippen LogP contribution in [0.25, 0.3) is 10.9 Å². The quantitative estimate of drug-likeness (QED) is 0.859. The van der Waals surface area contributed by atoms with Crippen molar-refractivity contribution >= 4 is 16.8 Å². The predicted molar refractivity (Wildman–Crippen MR) is 96.2 cm³/mol. The van der Waals surface area contributed by atoms with E-state index in [2.05, 4.69) is 10.3 Å². The van der Waals surface area contributed by atoms with Crippen LogP contribution in [0.3, 0.4) is 0 Å². The van der Waals surface area contributed by atoms with Crippen LogP contribution in [-0.4, -0.2) is 23.0 Å². The van der Waals surface area contributed by atoms with Crippen LogP contribution in [0.1, 0.15) is 51.1 Å². The van der Waals surface area contributed by atoms with Gasteiger partial charge in [0.15, 0.2) is 6.10 Å². The van der Waals surface area contributed by atoms with E-state index in [0.717, 1.165) is 29.4 Å². The summed E-state index contributed by atoms with van der Waals surface area (Å²) in [6.07, 6.45) is 6.58. The number of rotatable bonds is 4. The molecule has 1 heterocycles. The molecule has 0 bridgehead atoms. The summed E-state index contributed by atoms with van der Waals surface area (Å²) in [4.78, 5) is 17.0. The maximum absolute atomic E-state index is 12.5. The lowest BCUT2D eigenvalue weighted by molar-refractivity contribution is -0.128. The van der Waals surface area contributed by atoms with Gasteiger partial charge in [-0.1, -0.05) is 43.9 Å². The Balaban J connectivity index is 1.68. The van der Waals surface area contributed by atoms with Crippen LogP contribution in [0.2, 0.25) is 0 Å². The smallest absolute Gasteiger partial charge is 0.260 e. The molecule has 2 aromatic rings. The molecule has 1 aromatic carbocycles. The molecular formula is C20H26N2O2. The first kappa shape index (κ1) is 16.7. The Morgan fingerprint density at radius 2 is 1.92 bits per heavy atom. The van der Waals surface area contributed by atoms with Crippen LogP contribution in [0.4, 0.5) is 0 Å². The summed E-state index contributed by atoms with van der Waals surface area (Å²) < 4.78 is 5.94. The highest BCUT2D eigenvalue weighted by molar-refractivity contribution is 5.86. The molecule has 1 aliphatic rings. The molecule has 0 aliphatic heterocycles. The number of para-hydroxylation sites is 1. The topological polar surface area (TPSA) is 51.2 Å². The molecule has 1 saturated carbocycles. The molecule has 4 heteroatoms. The van der Waals surface area contributed by atoms with Crippen LogP contribution in [0.5, 0.6) is 5.75 Å². The number of fused-ring (bicyclic) bond motifs is 1. The largest absolute Gasteiger partial charge is 0.479 e. The van der Waals surface area contributed by atoms with Gasteiger partial charge in [0.05, 0.1) is 0 Å². The fourth-order valence-corrected chi connectivity index (χ4v) is 3.30. The van der Waals surface area contributed by atoms with Gasteiger partial charge in [-0.25, -0.2) is 4.98 Å². The highest BCUT2D eigenvalue weighted by atomic mass is 16.5. The van der Waals surface area contributed by atoms with E-state index in [4.69, 9.17) is 4.74 Å². The minimum absolute atomic E-state index is 0.0356. The zero-order valence-electron chi connectivity index (χ0n) is 14.5. The molecule has 1 atom stereocenters. The molecule has 1 amide bonds. The summed E-state index contributed by atoms with van der Waals surface area (Å²) in [6.45, 7) is 3.76. The van der Waals surface area contributed by atoms with E-state index in [9.17, 15) is 4.79 Å². The number of hydrogen-bond donors (Lipinski definition) is 1. The van der Waals surface area contributed by atoms with Gasteiger partial charge in [-0.2, -0.15) is 0 Å². The summed E-state index contributed by atoms with van der Waals surface area (Å²) in [5, 5.41) is 4.18. The average molecular weight is 326 g/mol. The maximum atomic E-state index is 12.5. The molecular weight excluding hydrogens is 300 g/mol. The summed E-state index contributed by atoms with van der Waals surface area (Å²) in [5.74, 6) is 0.631. The highest BCUT2D eigenvalue weighted by Crippen LogP contribution is 2.25. The highest BCUT2D eigenvalue weighted by Gasteiger charge is 2.20. The monoisotopic (exact) mass is 326 g/mol. The Hall–Kier alpha value is -2.10. The average Bonchev–Trinajstić information content (AvgIpc) is 2.84. The molecule has 1 fully saturated rings. The number of carbonyl (C=O) groups excluding carboxylic acids is 1. The minimum Gasteiger partial charge on any atom is -0.479 e. The fourth-order valence-electron chi connectivity index (χ4n) is 3.30. The van der Waals surface area contributed by atoms with Gasteiger partial charge in [-0.05, 0) is 38.8 Å². The second-order valence-corrected chi connectivity index (χ2v) is 6.74. The van der Waals surface area contributed by atoms with E-state index >= 15 is 0 Å². The van der Waals surface area contributed by atoms with Gasteiger partial charge in [-0.3, -0.25) is 4.79 Å². The van der Waals surface area contributed by atoms with Crippen molar-refractivity contribution < 1.29 is 9.53 Å². The number of carbonyl (C=O) groups is 1. The van der Waals surface area contributed by atoms with Gasteiger partial charge in [0.25, 0.3) is 5.91 Å². The second kappa shape index (κ2) is 7.65. The number of hydrogen-bond acceptors (Lipinski definition) is 3. The summed E-state index contributed by atoms with van der Waals surface area (Å²) >= 11 is 0. The molecule has 3 rings (SSSR count). The Morgan fingerprint density at radius 3 is 2.67 bits per heavy atom. The first-order valence-corrected chi connectivity index (χ1v) is 8.97. The molecule has 128 valence electrons. The van der Waals surface area contributed by atoms with Crippen molar-refractivity contribution in [3.8, 4) is 5.75 Å². The zero-order chi connectivity index (χ0) is 16.9. The van der Waals surface area contributed by atoms with E-state index in [1.54, 1.807) is 6.92 Å². The molecule has 1 N–H and O–H groups in total. The molecule has 4 nitrogen and oxygen atoms in total. The number of nitrogens with one attached hydrogen (secondary N) is 1. The Morgan fingerprint density at radius 1 is 1.17 bits per heavy atom. The Labute approximate surface area is 143 Å². The van der Waals surface area contributed by atoms with Gasteiger partial charge in [0, 0.05) is 17.1 Å². The lowest BCUT2D eigenvalue weighted by atomic mass is 10.1. The van der Waals surface area contributed by atoms with Crippen molar-refractivity contribution in [2.45, 2.75) is 64.5 Å². The van der Waals surface area contributed by atoms with E-state index in [-0.39, 0.29) is 5.91 Å². The van der Waals surface area contributed by atoms with Crippen LogP contribution in [-0.2, 0) is 4.79 Å². The van der Waals surface area contributed by atoms with E-state index in [1.807, 2.05) is 37.3 Å². The van der Waals surface area contributed by atoms with E-state index in [0.29, 0.717) is 11.8 Å². The third-order valence-corrected chi connectivity index (χ3v) is 4.70. The normalized spacial score (nSPS) is 17.2. The number of nitrogens with zero attached hydrogens (tertiary/aromatic N) is 1. The molecule has 1 unspecified atom stereocenters. The fraction of sp³-hybridized carbons (Fsp3) is 0.500. The van der Waals surface area contributed by atoms with Crippen LogP contribution < -0.4 is 10.1 Å². The van der Waals surface area contributed by atoms with E-state index in [1.165, 1.54) is 25.7 Å². The van der Waals surface area contributed by atoms with Crippen molar-refractivity contribution in [1.29, 1.82) is 0 Å². The van der Waals surface area contributed by atoms with Gasteiger partial charge in [0.1, 0.15) is 11.3 Å². The number of benzene rings is 1. The predicted octanol–water partition coefficient (Wildman–Crippen LogP) is 4.15. The minimum atomic E-state index is -0.527. The number of pyridine rings is 1. The third kappa shape index (κ3) is 4.05. The first-order valence-electron chi connectivity index (χ1n) is 8.97. The van der Waals surface area contributed by atoms with Gasteiger partial charge in [0.2, 0.25) is 0 Å². The standard InChI is InChI=1S/C20H26N2O2/c1-14-12-13-16-8-7-11-18(19(16)21-14)24-15(2)20(23)22-17-9-5-3-4-6-10-17/h7-8,11-13,15,17H,3-6,9-10H2,1-2H3,(H,22,23). The molecule has 0 saturated heterocycles. The number of aryl methyl sites for hydroxylation is 1. The molecule has 0 radical (unpaired) electrons. The SMILES string of the molecule is Cc1ccc2cccc(OC(C)C(=O)NC3CCCCCC3)c2n1. The number of amides is 1. The molecule has 0 spiro atoms. The molecule has 24 heavy (non-hydrogen) atoms. The maximum Gasteiger partial charge on any atom is 0.260 e. The van der Waals surface area contributed by atoms with Crippen molar-refractivity contribution in [2.75, 3.05) is 0 Å². The van der Waals surface area contributed by atoms with Crippen molar-refractivity contribution in [3.05, 3.63) is 36.0 Å². The summed E-state index contributed by atoms with van der Waals surface area (Å²) in [7, 11) is 0. The van der Waals surface area contributed by atoms with Crippen LogP contribution >= 0.6 is 0 Å². The summed E-state index contributed by atoms with van der Waals surface area (Å²) in [6, 6.07) is 10.1. The third-order valence-electron chi connectivity index (χ3n) is 4.70. The summed E-state index contributed by atoms with van der Waals surface area (Å²) in [5.41, 5.74) is 1.75. The molecule has 1 aromatic heterocycles. The molecule has 1 aliphatic carbocycles. The van der Waals surface area contributed by atoms with Crippen LogP contribution in [0.15, 0.2) is 30.3 Å². The zero-order valence-corrected chi connectivity index (χ0v) is 14.5.